The van der Waals surface area contributed by atoms with Crippen LogP contribution in [0.5, 0.6) is 5.75 Å². The van der Waals surface area contributed by atoms with Crippen LogP contribution in [0.25, 0.3) is 0 Å². The molecule has 0 radical (unpaired) electrons. The van der Waals surface area contributed by atoms with E-state index >= 15 is 0 Å². The highest BCUT2D eigenvalue weighted by Gasteiger charge is 2.26. The Labute approximate surface area is 129 Å². The molecule has 0 aliphatic heterocycles. The first kappa shape index (κ1) is 16.3. The summed E-state index contributed by atoms with van der Waals surface area (Å²) in [5.74, 6) is 1.72. The highest BCUT2D eigenvalue weighted by atomic mass is 16.5. The molecule has 0 spiro atoms. The predicted molar refractivity (Wildman–Crippen MR) is 88.0 cm³/mol. The van der Waals surface area contributed by atoms with Gasteiger partial charge in [-0.05, 0) is 52.0 Å². The molecule has 0 bridgehead atoms. The topological polar surface area (TPSA) is 34.2 Å². The summed E-state index contributed by atoms with van der Waals surface area (Å²) in [6, 6.07) is 0.659. The summed E-state index contributed by atoms with van der Waals surface area (Å²) in [7, 11) is 1.76. The Morgan fingerprint density at radius 2 is 2.05 bits per heavy atom. The van der Waals surface area contributed by atoms with Crippen LogP contribution in [-0.2, 0) is 6.42 Å². The highest BCUT2D eigenvalue weighted by molar-refractivity contribution is 5.41. The maximum atomic E-state index is 5.54. The van der Waals surface area contributed by atoms with Gasteiger partial charge in [-0.2, -0.15) is 0 Å². The third-order valence-electron chi connectivity index (χ3n) is 4.77. The van der Waals surface area contributed by atoms with Crippen LogP contribution in [0.4, 0.5) is 0 Å². The van der Waals surface area contributed by atoms with Crippen LogP contribution in [0.15, 0.2) is 6.20 Å². The van der Waals surface area contributed by atoms with Crippen LogP contribution >= 0.6 is 0 Å². The number of aromatic nitrogens is 1. The summed E-state index contributed by atoms with van der Waals surface area (Å²) in [6.45, 7) is 7.58. The van der Waals surface area contributed by atoms with Gasteiger partial charge in [0, 0.05) is 29.1 Å². The molecule has 1 fully saturated rings. The van der Waals surface area contributed by atoms with Crippen LogP contribution in [0.1, 0.15) is 55.8 Å². The van der Waals surface area contributed by atoms with Crippen LogP contribution in [0.3, 0.4) is 0 Å². The molecule has 3 heteroatoms. The summed E-state index contributed by atoms with van der Waals surface area (Å²) < 4.78 is 5.54. The Balaban J connectivity index is 2.11. The van der Waals surface area contributed by atoms with Gasteiger partial charge in [-0.3, -0.25) is 4.98 Å². The zero-order valence-electron chi connectivity index (χ0n) is 14.0. The molecule has 0 saturated heterocycles. The van der Waals surface area contributed by atoms with E-state index < -0.39 is 0 Å². The number of ether oxygens (including phenoxy) is 1. The van der Waals surface area contributed by atoms with Gasteiger partial charge in [0.1, 0.15) is 5.75 Å². The lowest BCUT2D eigenvalue weighted by Gasteiger charge is -2.32. The van der Waals surface area contributed by atoms with E-state index in [4.69, 9.17) is 4.74 Å². The number of methoxy groups -OCH3 is 1. The summed E-state index contributed by atoms with van der Waals surface area (Å²) in [4.78, 5) is 4.69. The predicted octanol–water partition coefficient (Wildman–Crippen LogP) is 3.81. The van der Waals surface area contributed by atoms with Gasteiger partial charge < -0.3 is 10.1 Å². The Bertz CT molecular complexity index is 459. The molecular weight excluding hydrogens is 260 g/mol. The van der Waals surface area contributed by atoms with Gasteiger partial charge in [-0.15, -0.1) is 0 Å². The number of nitrogens with zero attached hydrogens (tertiary/aromatic N) is 1. The summed E-state index contributed by atoms with van der Waals surface area (Å²) >= 11 is 0. The smallest absolute Gasteiger partial charge is 0.128 e. The number of hydrogen-bond donors (Lipinski definition) is 1. The van der Waals surface area contributed by atoms with Crippen molar-refractivity contribution in [2.75, 3.05) is 13.7 Å². The first-order valence-corrected chi connectivity index (χ1v) is 8.39. The maximum Gasteiger partial charge on any atom is 0.128 e. The van der Waals surface area contributed by atoms with E-state index in [0.717, 1.165) is 24.3 Å². The van der Waals surface area contributed by atoms with Crippen molar-refractivity contribution >= 4 is 0 Å². The fourth-order valence-electron chi connectivity index (χ4n) is 3.58. The van der Waals surface area contributed by atoms with Gasteiger partial charge in [0.05, 0.1) is 7.11 Å². The van der Waals surface area contributed by atoms with Crippen LogP contribution in [0, 0.1) is 19.8 Å². The summed E-state index contributed by atoms with van der Waals surface area (Å²) in [5.41, 5.74) is 3.56. The molecule has 118 valence electrons. The zero-order valence-corrected chi connectivity index (χ0v) is 14.0. The van der Waals surface area contributed by atoms with Crippen molar-refractivity contribution in [2.24, 2.45) is 5.92 Å². The Hall–Kier alpha value is -1.09. The molecule has 1 aliphatic carbocycles. The molecule has 2 unspecified atom stereocenters. The largest absolute Gasteiger partial charge is 0.496 e. The first-order chi connectivity index (χ1) is 10.2. The number of nitrogens with one attached hydrogen (secondary N) is 1. The molecule has 1 aromatic heterocycles. The van der Waals surface area contributed by atoms with Crippen molar-refractivity contribution in [3.05, 3.63) is 23.0 Å². The molecule has 1 aromatic rings. The fourth-order valence-corrected chi connectivity index (χ4v) is 3.58. The minimum atomic E-state index is 0.659. The number of pyridine rings is 1. The van der Waals surface area contributed by atoms with Gasteiger partial charge >= 0.3 is 0 Å². The quantitative estimate of drug-likeness (QED) is 0.865. The summed E-state index contributed by atoms with van der Waals surface area (Å²) in [5, 5.41) is 3.74. The van der Waals surface area contributed by atoms with E-state index in [9.17, 15) is 0 Å². The van der Waals surface area contributed by atoms with Gasteiger partial charge in [0.15, 0.2) is 0 Å². The second-order valence-corrected chi connectivity index (χ2v) is 6.36. The summed E-state index contributed by atoms with van der Waals surface area (Å²) in [6.07, 6.45) is 9.59. The van der Waals surface area contributed by atoms with E-state index in [2.05, 4.69) is 31.1 Å². The molecule has 1 saturated carbocycles. The molecule has 1 N–H and O–H groups in total. The Morgan fingerprint density at radius 3 is 2.76 bits per heavy atom. The Kier molecular flexibility index (Phi) is 6.04. The molecular formula is C18H30N2O. The molecule has 1 aliphatic rings. The Morgan fingerprint density at radius 1 is 1.29 bits per heavy atom. The van der Waals surface area contributed by atoms with Crippen molar-refractivity contribution in [1.82, 2.24) is 10.3 Å². The molecule has 21 heavy (non-hydrogen) atoms. The minimum Gasteiger partial charge on any atom is -0.496 e. The second kappa shape index (κ2) is 7.79. The average molecular weight is 290 g/mol. The van der Waals surface area contributed by atoms with Crippen LogP contribution in [-0.4, -0.2) is 24.7 Å². The minimum absolute atomic E-state index is 0.659. The SMILES string of the molecule is CCCNC1CCCCC1Cc1ncc(C)c(OC)c1C. The van der Waals surface area contributed by atoms with Crippen molar-refractivity contribution < 1.29 is 4.74 Å². The van der Waals surface area contributed by atoms with E-state index in [1.807, 2.05) is 6.20 Å². The molecule has 3 nitrogen and oxygen atoms in total. The molecule has 2 rings (SSSR count). The van der Waals surface area contributed by atoms with E-state index in [1.165, 1.54) is 43.4 Å². The zero-order chi connectivity index (χ0) is 15.2. The first-order valence-electron chi connectivity index (χ1n) is 8.39. The molecule has 1 heterocycles. The fraction of sp³-hybridized carbons (Fsp3) is 0.722. The third-order valence-corrected chi connectivity index (χ3v) is 4.77. The van der Waals surface area contributed by atoms with Crippen molar-refractivity contribution in [2.45, 2.75) is 65.3 Å². The van der Waals surface area contributed by atoms with E-state index in [-0.39, 0.29) is 0 Å². The van der Waals surface area contributed by atoms with Crippen molar-refractivity contribution in [1.29, 1.82) is 0 Å². The van der Waals surface area contributed by atoms with Crippen molar-refractivity contribution in [3.8, 4) is 5.75 Å². The van der Waals surface area contributed by atoms with Gasteiger partial charge in [-0.1, -0.05) is 19.8 Å². The number of aryl methyl sites for hydroxylation is 1. The lowest BCUT2D eigenvalue weighted by Crippen LogP contribution is -2.40. The highest BCUT2D eigenvalue weighted by Crippen LogP contribution is 2.31. The van der Waals surface area contributed by atoms with Crippen LogP contribution in [0.2, 0.25) is 0 Å². The van der Waals surface area contributed by atoms with E-state index in [1.54, 1.807) is 7.11 Å². The molecule has 0 amide bonds. The maximum absolute atomic E-state index is 5.54. The lowest BCUT2D eigenvalue weighted by molar-refractivity contribution is 0.259. The van der Waals surface area contributed by atoms with Gasteiger partial charge in [-0.25, -0.2) is 0 Å². The number of rotatable bonds is 6. The van der Waals surface area contributed by atoms with Crippen molar-refractivity contribution in [3.63, 3.8) is 0 Å². The molecule has 0 aromatic carbocycles. The normalized spacial score (nSPS) is 22.3. The average Bonchev–Trinajstić information content (AvgIpc) is 2.50. The van der Waals surface area contributed by atoms with Crippen LogP contribution < -0.4 is 10.1 Å². The lowest BCUT2D eigenvalue weighted by atomic mass is 9.81. The standard InChI is InChI=1S/C18H30N2O/c1-5-10-19-16-9-7-6-8-15(16)11-17-14(3)18(21-4)13(2)12-20-17/h12,15-16,19H,5-11H2,1-4H3. The third kappa shape index (κ3) is 3.97. The van der Waals surface area contributed by atoms with Gasteiger partial charge in [0.2, 0.25) is 0 Å². The monoisotopic (exact) mass is 290 g/mol. The second-order valence-electron chi connectivity index (χ2n) is 6.36. The number of hydrogen-bond acceptors (Lipinski definition) is 3. The molecule has 2 atom stereocenters. The van der Waals surface area contributed by atoms with E-state index in [0.29, 0.717) is 12.0 Å². The van der Waals surface area contributed by atoms with Gasteiger partial charge in [0.25, 0.3) is 0 Å².